The zero-order valence-corrected chi connectivity index (χ0v) is 12.7. The van der Waals surface area contributed by atoms with Crippen LogP contribution in [0.25, 0.3) is 5.65 Å². The Labute approximate surface area is 132 Å². The number of ether oxygens (including phenoxy) is 1. The third kappa shape index (κ3) is 2.39. The van der Waals surface area contributed by atoms with Gasteiger partial charge in [-0.2, -0.15) is 0 Å². The Balaban J connectivity index is 1.59. The number of aryl methyl sites for hydroxylation is 1. The molecule has 0 radical (unpaired) electrons. The quantitative estimate of drug-likeness (QED) is 0.792. The van der Waals surface area contributed by atoms with Crippen molar-refractivity contribution in [3.05, 3.63) is 54.5 Å². The third-order valence-corrected chi connectivity index (χ3v) is 4.18. The van der Waals surface area contributed by atoms with Gasteiger partial charge in [-0.15, -0.1) is 0 Å². The molecule has 4 heterocycles. The standard InChI is InChI=1S/C16H17N5O2/c1-20-8-6-18-15(20)14-11(5-10-23-14)19-16(22)12-3-2-4-13-17-7-9-21(12)13/h2-4,6-9,11,14H,5,10H2,1H3,(H,19,22)/t11-,14-/m0/s1. The number of pyridine rings is 1. The van der Waals surface area contributed by atoms with E-state index >= 15 is 0 Å². The van der Waals surface area contributed by atoms with Crippen molar-refractivity contribution in [1.29, 1.82) is 0 Å². The van der Waals surface area contributed by atoms with Gasteiger partial charge in [0.25, 0.3) is 5.91 Å². The molecule has 1 N–H and O–H groups in total. The van der Waals surface area contributed by atoms with E-state index in [0.29, 0.717) is 12.3 Å². The summed E-state index contributed by atoms with van der Waals surface area (Å²) in [6.45, 7) is 0.609. The molecule has 0 saturated carbocycles. The van der Waals surface area contributed by atoms with Crippen LogP contribution in [0.2, 0.25) is 0 Å². The fourth-order valence-corrected chi connectivity index (χ4v) is 3.02. The molecule has 0 unspecified atom stereocenters. The van der Waals surface area contributed by atoms with E-state index in [1.165, 1.54) is 0 Å². The summed E-state index contributed by atoms with van der Waals surface area (Å²) in [5.41, 5.74) is 1.31. The van der Waals surface area contributed by atoms with Crippen LogP contribution in [-0.2, 0) is 11.8 Å². The molecule has 4 rings (SSSR count). The van der Waals surface area contributed by atoms with Gasteiger partial charge in [0.2, 0.25) is 0 Å². The maximum Gasteiger partial charge on any atom is 0.268 e. The lowest BCUT2D eigenvalue weighted by Crippen LogP contribution is -2.38. The zero-order valence-electron chi connectivity index (χ0n) is 12.7. The van der Waals surface area contributed by atoms with Gasteiger partial charge in [0.15, 0.2) is 0 Å². The van der Waals surface area contributed by atoms with Crippen molar-refractivity contribution in [3.8, 4) is 0 Å². The first-order valence-electron chi connectivity index (χ1n) is 7.56. The first-order chi connectivity index (χ1) is 11.2. The monoisotopic (exact) mass is 311 g/mol. The summed E-state index contributed by atoms with van der Waals surface area (Å²) in [6.07, 6.45) is 7.63. The Morgan fingerprint density at radius 3 is 3.00 bits per heavy atom. The van der Waals surface area contributed by atoms with Gasteiger partial charge in [-0.05, 0) is 18.6 Å². The molecule has 1 amide bonds. The summed E-state index contributed by atoms with van der Waals surface area (Å²) in [6, 6.07) is 5.39. The Morgan fingerprint density at radius 1 is 1.30 bits per heavy atom. The van der Waals surface area contributed by atoms with Gasteiger partial charge in [0, 0.05) is 38.4 Å². The van der Waals surface area contributed by atoms with Gasteiger partial charge in [-0.3, -0.25) is 9.20 Å². The number of carbonyl (C=O) groups is 1. The summed E-state index contributed by atoms with van der Waals surface area (Å²) in [5.74, 6) is 0.692. The van der Waals surface area contributed by atoms with Gasteiger partial charge in [0.1, 0.15) is 23.3 Å². The number of fused-ring (bicyclic) bond motifs is 1. The largest absolute Gasteiger partial charge is 0.368 e. The molecule has 0 aromatic carbocycles. The Bertz CT molecular complexity index is 853. The molecule has 0 bridgehead atoms. The molecule has 7 heteroatoms. The van der Waals surface area contributed by atoms with Crippen LogP contribution in [0.1, 0.15) is 28.8 Å². The molecule has 0 spiro atoms. The summed E-state index contributed by atoms with van der Waals surface area (Å²) in [7, 11) is 1.93. The molecule has 1 saturated heterocycles. The lowest BCUT2D eigenvalue weighted by molar-refractivity contribution is 0.0775. The number of rotatable bonds is 3. The van der Waals surface area contributed by atoms with E-state index < -0.39 is 0 Å². The number of hydrogen-bond acceptors (Lipinski definition) is 4. The van der Waals surface area contributed by atoms with Crippen molar-refractivity contribution in [2.24, 2.45) is 7.05 Å². The lowest BCUT2D eigenvalue weighted by Gasteiger charge is -2.20. The number of imidazole rings is 2. The van der Waals surface area contributed by atoms with Crippen LogP contribution >= 0.6 is 0 Å². The highest BCUT2D eigenvalue weighted by Gasteiger charge is 2.34. The summed E-state index contributed by atoms with van der Waals surface area (Å²) < 4.78 is 9.48. The predicted octanol–water partition coefficient (Wildman–Crippen LogP) is 1.33. The van der Waals surface area contributed by atoms with Crippen molar-refractivity contribution >= 4 is 11.6 Å². The molecule has 3 aromatic rings. The van der Waals surface area contributed by atoms with E-state index in [-0.39, 0.29) is 18.1 Å². The first kappa shape index (κ1) is 14.0. The van der Waals surface area contributed by atoms with E-state index in [1.54, 1.807) is 29.1 Å². The molecule has 0 aliphatic carbocycles. The van der Waals surface area contributed by atoms with Crippen molar-refractivity contribution in [2.75, 3.05) is 6.61 Å². The number of hydrogen-bond donors (Lipinski definition) is 1. The second kappa shape index (κ2) is 5.51. The van der Waals surface area contributed by atoms with Crippen LogP contribution in [0.3, 0.4) is 0 Å². The number of aromatic nitrogens is 4. The summed E-state index contributed by atoms with van der Waals surface area (Å²) in [4.78, 5) is 21.2. The van der Waals surface area contributed by atoms with Gasteiger partial charge in [-0.1, -0.05) is 6.07 Å². The molecule has 23 heavy (non-hydrogen) atoms. The molecule has 118 valence electrons. The topological polar surface area (TPSA) is 73.4 Å². The van der Waals surface area contributed by atoms with Crippen molar-refractivity contribution in [1.82, 2.24) is 24.3 Å². The maximum absolute atomic E-state index is 12.7. The predicted molar refractivity (Wildman–Crippen MR) is 83.0 cm³/mol. The van der Waals surface area contributed by atoms with Gasteiger partial charge in [-0.25, -0.2) is 9.97 Å². The van der Waals surface area contributed by atoms with Gasteiger partial charge in [0.05, 0.1) is 6.04 Å². The van der Waals surface area contributed by atoms with Crippen molar-refractivity contribution < 1.29 is 9.53 Å². The van der Waals surface area contributed by atoms with E-state index in [2.05, 4.69) is 15.3 Å². The molecular formula is C16H17N5O2. The van der Waals surface area contributed by atoms with E-state index in [0.717, 1.165) is 17.9 Å². The molecule has 1 fully saturated rings. The van der Waals surface area contributed by atoms with Crippen molar-refractivity contribution in [2.45, 2.75) is 18.6 Å². The first-order valence-corrected chi connectivity index (χ1v) is 7.56. The van der Waals surface area contributed by atoms with Crippen LogP contribution < -0.4 is 5.32 Å². The minimum Gasteiger partial charge on any atom is -0.368 e. The van der Waals surface area contributed by atoms with Gasteiger partial charge >= 0.3 is 0 Å². The minimum atomic E-state index is -0.221. The Hall–Kier alpha value is -2.67. The van der Waals surface area contributed by atoms with Crippen LogP contribution in [0.15, 0.2) is 43.0 Å². The molecule has 2 atom stereocenters. The summed E-state index contributed by atoms with van der Waals surface area (Å²) in [5, 5.41) is 3.08. The fraction of sp³-hybridized carbons (Fsp3) is 0.312. The average molecular weight is 311 g/mol. The number of nitrogens with zero attached hydrogens (tertiary/aromatic N) is 4. The van der Waals surface area contributed by atoms with Crippen LogP contribution in [0.4, 0.5) is 0 Å². The van der Waals surface area contributed by atoms with Gasteiger partial charge < -0.3 is 14.6 Å². The molecule has 1 aliphatic heterocycles. The van der Waals surface area contributed by atoms with Crippen LogP contribution in [0, 0.1) is 0 Å². The van der Waals surface area contributed by atoms with E-state index in [4.69, 9.17) is 4.74 Å². The second-order valence-corrected chi connectivity index (χ2v) is 5.62. The Morgan fingerprint density at radius 2 is 2.17 bits per heavy atom. The molecule has 1 aliphatic rings. The zero-order chi connectivity index (χ0) is 15.8. The number of amides is 1. The second-order valence-electron chi connectivity index (χ2n) is 5.62. The number of nitrogens with one attached hydrogen (secondary N) is 1. The SMILES string of the molecule is Cn1ccnc1[C@H]1OCC[C@@H]1NC(=O)c1cccc2nccn12. The normalized spacial score (nSPS) is 20.9. The molecule has 3 aromatic heterocycles. The molecule has 7 nitrogen and oxygen atoms in total. The highest BCUT2D eigenvalue weighted by atomic mass is 16.5. The average Bonchev–Trinajstić information content (AvgIpc) is 3.26. The maximum atomic E-state index is 12.7. The van der Waals surface area contributed by atoms with Crippen LogP contribution in [-0.4, -0.2) is 37.5 Å². The van der Waals surface area contributed by atoms with Crippen molar-refractivity contribution in [3.63, 3.8) is 0 Å². The van der Waals surface area contributed by atoms with E-state index in [1.807, 2.05) is 29.9 Å². The smallest absolute Gasteiger partial charge is 0.268 e. The molecular weight excluding hydrogens is 294 g/mol. The highest BCUT2D eigenvalue weighted by molar-refractivity contribution is 5.93. The van der Waals surface area contributed by atoms with Crippen LogP contribution in [0.5, 0.6) is 0 Å². The minimum absolute atomic E-state index is 0.0950. The summed E-state index contributed by atoms with van der Waals surface area (Å²) >= 11 is 0. The lowest BCUT2D eigenvalue weighted by atomic mass is 10.1. The Kier molecular flexibility index (Phi) is 3.34. The van der Waals surface area contributed by atoms with E-state index in [9.17, 15) is 4.79 Å². The highest BCUT2D eigenvalue weighted by Crippen LogP contribution is 2.28. The fourth-order valence-electron chi connectivity index (χ4n) is 3.02. The number of carbonyl (C=O) groups excluding carboxylic acids is 1. The third-order valence-electron chi connectivity index (χ3n) is 4.18.